The Bertz CT molecular complexity index is 716. The Labute approximate surface area is 141 Å². The summed E-state index contributed by atoms with van der Waals surface area (Å²) in [6, 6.07) is 2.47. The quantitative estimate of drug-likeness (QED) is 0.686. The number of phenolic OH excluding ortho intramolecular Hbond substituents is 2. The van der Waals surface area contributed by atoms with Crippen LogP contribution in [0.2, 0.25) is 0 Å². The first kappa shape index (κ1) is 17.5. The molecular weight excluding hydrogens is 306 g/mol. The minimum absolute atomic E-state index is 0.00728. The first-order chi connectivity index (χ1) is 11.5. The smallest absolute Gasteiger partial charge is 0.342 e. The summed E-state index contributed by atoms with van der Waals surface area (Å²) in [6.07, 6.45) is 9.60. The maximum Gasteiger partial charge on any atom is 0.342 e. The van der Waals surface area contributed by atoms with Gasteiger partial charge in [0, 0.05) is 24.6 Å². The summed E-state index contributed by atoms with van der Waals surface area (Å²) >= 11 is 0. The van der Waals surface area contributed by atoms with Crippen LogP contribution in [0.25, 0.3) is 0 Å². The van der Waals surface area contributed by atoms with Gasteiger partial charge in [-0.25, -0.2) is 4.79 Å². The molecule has 24 heavy (non-hydrogen) atoms. The highest BCUT2D eigenvalue weighted by molar-refractivity contribution is 5.99. The topological polar surface area (TPSA) is 90.6 Å². The first-order valence-corrected chi connectivity index (χ1v) is 7.78. The lowest BCUT2D eigenvalue weighted by Crippen LogP contribution is -2.12. The molecule has 0 atom stereocenters. The molecule has 0 bridgehead atoms. The molecule has 5 nitrogen and oxygen atoms in total. The molecule has 126 valence electrons. The normalized spacial score (nSPS) is 20.1. The van der Waals surface area contributed by atoms with Crippen LogP contribution in [0, 0.1) is 5.41 Å². The molecule has 1 heterocycles. The Morgan fingerprint density at radius 3 is 2.79 bits per heavy atom. The van der Waals surface area contributed by atoms with Gasteiger partial charge in [0.2, 0.25) is 0 Å². The average molecular weight is 327 g/mol. The van der Waals surface area contributed by atoms with E-state index >= 15 is 0 Å². The number of phenols is 2. The summed E-state index contributed by atoms with van der Waals surface area (Å²) in [5.41, 5.74) is 1.62. The number of hydrogen-bond donors (Lipinski definition) is 3. The number of benzene rings is 1. The number of aromatic hydroxyl groups is 2. The van der Waals surface area contributed by atoms with Crippen LogP contribution in [0.1, 0.15) is 35.2 Å². The summed E-state index contributed by atoms with van der Waals surface area (Å²) in [5.74, 6) is -1.17. The molecule has 0 radical (unpaired) electrons. The van der Waals surface area contributed by atoms with Crippen molar-refractivity contribution in [1.82, 2.24) is 0 Å². The van der Waals surface area contributed by atoms with Crippen LogP contribution in [0.4, 0.5) is 0 Å². The van der Waals surface area contributed by atoms with E-state index in [0.717, 1.165) is 24.5 Å². The fraction of sp³-hybridized carbons (Fsp3) is 0.263. The van der Waals surface area contributed by atoms with Gasteiger partial charge >= 0.3 is 5.97 Å². The van der Waals surface area contributed by atoms with E-state index < -0.39 is 5.97 Å². The second kappa shape index (κ2) is 8.15. The number of ether oxygens (including phenoxy) is 1. The molecule has 1 aromatic carbocycles. The first-order valence-electron chi connectivity index (χ1n) is 7.78. The van der Waals surface area contributed by atoms with Crippen molar-refractivity contribution in [2.75, 3.05) is 6.61 Å². The molecule has 1 aromatic rings. The molecule has 0 unspecified atom stereocenters. The van der Waals surface area contributed by atoms with Gasteiger partial charge in [-0.15, -0.1) is 0 Å². The molecule has 0 saturated carbocycles. The lowest BCUT2D eigenvalue weighted by Gasteiger charge is -2.12. The third-order valence-electron chi connectivity index (χ3n) is 3.71. The van der Waals surface area contributed by atoms with E-state index in [4.69, 9.17) is 10.1 Å². The minimum Gasteiger partial charge on any atom is -0.508 e. The van der Waals surface area contributed by atoms with Crippen LogP contribution in [-0.2, 0) is 11.2 Å². The number of hydrogen-bond acceptors (Lipinski definition) is 5. The van der Waals surface area contributed by atoms with Gasteiger partial charge in [-0.1, -0.05) is 24.8 Å². The fourth-order valence-corrected chi connectivity index (χ4v) is 2.52. The third kappa shape index (κ3) is 4.59. The van der Waals surface area contributed by atoms with Crippen LogP contribution in [-0.4, -0.2) is 28.5 Å². The highest BCUT2D eigenvalue weighted by Crippen LogP contribution is 2.29. The maximum atomic E-state index is 12.3. The molecule has 5 heteroatoms. The Hall–Kier alpha value is -2.82. The fourth-order valence-electron chi connectivity index (χ4n) is 2.52. The van der Waals surface area contributed by atoms with Crippen LogP contribution in [0.3, 0.4) is 0 Å². The highest BCUT2D eigenvalue weighted by Gasteiger charge is 2.20. The molecule has 0 saturated heterocycles. The van der Waals surface area contributed by atoms with Crippen LogP contribution in [0.5, 0.6) is 11.5 Å². The van der Waals surface area contributed by atoms with Gasteiger partial charge in [-0.05, 0) is 36.1 Å². The van der Waals surface area contributed by atoms with E-state index in [1.807, 2.05) is 12.2 Å². The number of rotatable bonds is 1. The van der Waals surface area contributed by atoms with Crippen LogP contribution < -0.4 is 0 Å². The molecule has 3 N–H and O–H groups in total. The van der Waals surface area contributed by atoms with Crippen LogP contribution >= 0.6 is 0 Å². The van der Waals surface area contributed by atoms with Gasteiger partial charge in [0.05, 0.1) is 6.61 Å². The van der Waals surface area contributed by atoms with Gasteiger partial charge in [0.15, 0.2) is 0 Å². The van der Waals surface area contributed by atoms with E-state index in [1.165, 1.54) is 6.07 Å². The molecular formula is C19H21NO4. The average Bonchev–Trinajstić information content (AvgIpc) is 2.51. The maximum absolute atomic E-state index is 12.3. The zero-order chi connectivity index (χ0) is 17.5. The van der Waals surface area contributed by atoms with Crippen molar-refractivity contribution in [3.8, 4) is 11.5 Å². The number of carbonyl (C=O) groups is 1. The largest absolute Gasteiger partial charge is 0.508 e. The van der Waals surface area contributed by atoms with Gasteiger partial charge in [0.1, 0.15) is 17.1 Å². The number of nitrogens with one attached hydrogen (secondary N) is 1. The van der Waals surface area contributed by atoms with Crippen molar-refractivity contribution in [2.45, 2.75) is 25.7 Å². The molecule has 1 aliphatic heterocycles. The summed E-state index contributed by atoms with van der Waals surface area (Å²) in [6.45, 7) is 3.92. The Morgan fingerprint density at radius 1 is 1.25 bits per heavy atom. The van der Waals surface area contributed by atoms with Crippen molar-refractivity contribution < 1.29 is 19.7 Å². The summed E-state index contributed by atoms with van der Waals surface area (Å²) < 4.78 is 5.24. The standard InChI is InChI=1S/C19H21NO4/c1-2-13-6-4-3-5-7-15(20)10-14-11-16(21)12-17(22)18(14)19(23)24-9-8-13/h2,5-7,11-12,20-22H,1,3-4,8-10H2/b7-5+,13-6+,20-15?. The molecule has 0 spiro atoms. The number of carbonyl (C=O) groups excluding carboxylic acids is 1. The SMILES string of the molecule is C=C/C1=C\CC/C=C/C(=N)Cc2cc(O)cc(O)c2C(=O)OCC1. The van der Waals surface area contributed by atoms with E-state index in [0.29, 0.717) is 12.0 Å². The molecule has 1 aliphatic rings. The van der Waals surface area contributed by atoms with Crippen molar-refractivity contribution in [2.24, 2.45) is 0 Å². The van der Waals surface area contributed by atoms with Gasteiger partial charge in [-0.2, -0.15) is 0 Å². The number of cyclic esters (lactones) is 1. The van der Waals surface area contributed by atoms with Crippen molar-refractivity contribution in [3.05, 3.63) is 59.7 Å². The highest BCUT2D eigenvalue weighted by atomic mass is 16.5. The molecule has 0 aliphatic carbocycles. The summed E-state index contributed by atoms with van der Waals surface area (Å²) in [5, 5.41) is 27.7. The molecule has 0 fully saturated rings. The molecule has 0 amide bonds. The van der Waals surface area contributed by atoms with Gasteiger partial charge < -0.3 is 20.4 Å². The predicted molar refractivity (Wildman–Crippen MR) is 92.8 cm³/mol. The Morgan fingerprint density at radius 2 is 2.04 bits per heavy atom. The van der Waals surface area contributed by atoms with E-state index in [2.05, 4.69) is 6.58 Å². The second-order valence-electron chi connectivity index (χ2n) is 5.55. The summed E-state index contributed by atoms with van der Waals surface area (Å²) in [4.78, 5) is 12.3. The lowest BCUT2D eigenvalue weighted by atomic mass is 9.99. The Kier molecular flexibility index (Phi) is 5.95. The predicted octanol–water partition coefficient (Wildman–Crippen LogP) is 3.67. The number of fused-ring (bicyclic) bond motifs is 1. The summed E-state index contributed by atoms with van der Waals surface area (Å²) in [7, 11) is 0. The lowest BCUT2D eigenvalue weighted by molar-refractivity contribution is 0.0505. The molecule has 2 rings (SSSR count). The number of allylic oxidation sites excluding steroid dienone is 4. The van der Waals surface area contributed by atoms with E-state index in [1.54, 1.807) is 12.2 Å². The second-order valence-corrected chi connectivity index (χ2v) is 5.55. The molecule has 0 aromatic heterocycles. The van der Waals surface area contributed by atoms with Crippen molar-refractivity contribution >= 4 is 11.7 Å². The third-order valence-corrected chi connectivity index (χ3v) is 3.71. The van der Waals surface area contributed by atoms with E-state index in [9.17, 15) is 15.0 Å². The van der Waals surface area contributed by atoms with Crippen molar-refractivity contribution in [3.63, 3.8) is 0 Å². The van der Waals surface area contributed by atoms with Crippen molar-refractivity contribution in [1.29, 1.82) is 5.41 Å². The minimum atomic E-state index is -0.667. The Balaban J connectivity index is 2.36. The van der Waals surface area contributed by atoms with Crippen LogP contribution in [0.15, 0.2) is 48.6 Å². The number of esters is 1. The van der Waals surface area contributed by atoms with Gasteiger partial charge in [-0.3, -0.25) is 0 Å². The van der Waals surface area contributed by atoms with Gasteiger partial charge in [0.25, 0.3) is 0 Å². The monoisotopic (exact) mass is 327 g/mol. The van der Waals surface area contributed by atoms with E-state index in [-0.39, 0.29) is 35.8 Å². The zero-order valence-electron chi connectivity index (χ0n) is 13.4. The zero-order valence-corrected chi connectivity index (χ0v) is 13.4.